The van der Waals surface area contributed by atoms with Gasteiger partial charge >= 0.3 is 5.51 Å². The molecule has 3 N–H and O–H groups in total. The number of rotatable bonds is 7. The number of nitrogens with two attached hydrogens (primary N) is 1. The fourth-order valence-corrected chi connectivity index (χ4v) is 3.57. The number of thioether (sulfide) groups is 1. The maximum absolute atomic E-state index is 12.0. The van der Waals surface area contributed by atoms with E-state index in [0.717, 1.165) is 12.8 Å². The molecule has 21 heavy (non-hydrogen) atoms. The van der Waals surface area contributed by atoms with Crippen LogP contribution in [0.15, 0.2) is 17.2 Å². The number of nitrogens with zero attached hydrogens (tertiary/aromatic N) is 1. The lowest BCUT2D eigenvalue weighted by Gasteiger charge is -2.07. The van der Waals surface area contributed by atoms with Crippen molar-refractivity contribution in [1.82, 2.24) is 9.29 Å². The van der Waals surface area contributed by atoms with Gasteiger partial charge in [0.05, 0.1) is 4.90 Å². The fourth-order valence-electron chi connectivity index (χ4n) is 1.93. The van der Waals surface area contributed by atoms with Gasteiger partial charge in [0.2, 0.25) is 10.0 Å². The molecule has 0 unspecified atom stereocenters. The van der Waals surface area contributed by atoms with Gasteiger partial charge in [0.15, 0.2) is 0 Å². The number of halogens is 3. The molecule has 0 aliphatic heterocycles. The second kappa shape index (κ2) is 6.19. The van der Waals surface area contributed by atoms with Gasteiger partial charge in [0.25, 0.3) is 0 Å². The summed E-state index contributed by atoms with van der Waals surface area (Å²) in [6, 6.07) is 1.76. The molecule has 1 fully saturated rings. The molecular weight excluding hydrogens is 327 g/mol. The van der Waals surface area contributed by atoms with Crippen LogP contribution >= 0.6 is 11.8 Å². The van der Waals surface area contributed by atoms with Crippen molar-refractivity contribution in [3.8, 4) is 0 Å². The van der Waals surface area contributed by atoms with Crippen molar-refractivity contribution in [2.45, 2.75) is 35.8 Å². The van der Waals surface area contributed by atoms with E-state index in [-0.39, 0.29) is 41.5 Å². The first kappa shape index (κ1) is 16.7. The molecule has 1 heterocycles. The highest BCUT2D eigenvalue weighted by molar-refractivity contribution is 8.00. The summed E-state index contributed by atoms with van der Waals surface area (Å²) in [7, 11) is -3.80. The average molecular weight is 343 g/mol. The van der Waals surface area contributed by atoms with Crippen LogP contribution in [0, 0.1) is 0 Å². The lowest BCUT2D eigenvalue weighted by Crippen LogP contribution is -2.26. The Morgan fingerprint density at radius 3 is 2.62 bits per heavy atom. The second-order valence-electron chi connectivity index (χ2n) is 4.70. The topological polar surface area (TPSA) is 77.1 Å². The van der Waals surface area contributed by atoms with Crippen LogP contribution < -0.4 is 10.5 Å². The van der Waals surface area contributed by atoms with Gasteiger partial charge in [-0.25, -0.2) is 13.1 Å². The van der Waals surface area contributed by atoms with Crippen molar-refractivity contribution in [2.24, 2.45) is 5.73 Å². The summed E-state index contributed by atoms with van der Waals surface area (Å²) in [5.41, 5.74) is 1.93. The fraction of sp³-hybridized carbons (Fsp3) is 0.636. The largest absolute Gasteiger partial charge is 0.441 e. The highest BCUT2D eigenvalue weighted by Crippen LogP contribution is 2.37. The van der Waals surface area contributed by atoms with E-state index in [1.165, 1.54) is 12.3 Å². The Hall–Kier alpha value is -0.710. The Morgan fingerprint density at radius 2 is 2.10 bits per heavy atom. The van der Waals surface area contributed by atoms with Gasteiger partial charge in [0, 0.05) is 36.8 Å². The van der Waals surface area contributed by atoms with Crippen molar-refractivity contribution in [2.75, 3.05) is 12.3 Å². The van der Waals surface area contributed by atoms with Gasteiger partial charge < -0.3 is 10.3 Å². The molecule has 1 aromatic rings. The van der Waals surface area contributed by atoms with E-state index in [1.807, 2.05) is 4.57 Å². The summed E-state index contributed by atoms with van der Waals surface area (Å²) in [6.07, 6.45) is 3.47. The normalized spacial score (nSPS) is 16.4. The van der Waals surface area contributed by atoms with Crippen LogP contribution in [-0.4, -0.2) is 30.8 Å². The predicted molar refractivity (Wildman–Crippen MR) is 74.3 cm³/mol. The first-order valence-corrected chi connectivity index (χ1v) is 8.81. The van der Waals surface area contributed by atoms with Gasteiger partial charge in [-0.1, -0.05) is 0 Å². The zero-order chi connectivity index (χ0) is 15.7. The van der Waals surface area contributed by atoms with E-state index < -0.39 is 15.5 Å². The minimum atomic E-state index is -4.35. The van der Waals surface area contributed by atoms with Crippen LogP contribution in [0.3, 0.4) is 0 Å². The maximum atomic E-state index is 12.0. The Bertz CT molecular complexity index is 594. The first-order valence-electron chi connectivity index (χ1n) is 6.34. The van der Waals surface area contributed by atoms with Crippen LogP contribution in [0.1, 0.15) is 24.6 Å². The Labute approximate surface area is 125 Å². The van der Waals surface area contributed by atoms with Crippen LogP contribution in [-0.2, 0) is 16.6 Å². The van der Waals surface area contributed by atoms with Gasteiger partial charge in [-0.2, -0.15) is 13.2 Å². The first-order chi connectivity index (χ1) is 9.73. The van der Waals surface area contributed by atoms with Gasteiger partial charge in [0.1, 0.15) is 0 Å². The Kier molecular flexibility index (Phi) is 4.91. The molecule has 120 valence electrons. The summed E-state index contributed by atoms with van der Waals surface area (Å²) >= 11 is -0.255. The molecule has 5 nitrogen and oxygen atoms in total. The number of hydrogen-bond donors (Lipinski definition) is 2. The molecule has 2 rings (SSSR count). The molecule has 1 aromatic heterocycles. The third-order valence-electron chi connectivity index (χ3n) is 3.03. The summed E-state index contributed by atoms with van der Waals surface area (Å²) in [5, 5.41) is 0. The number of hydrogen-bond acceptors (Lipinski definition) is 4. The van der Waals surface area contributed by atoms with E-state index in [2.05, 4.69) is 4.72 Å². The summed E-state index contributed by atoms with van der Waals surface area (Å²) < 4.78 is 63.9. The molecule has 0 aromatic carbocycles. The molecule has 1 aliphatic rings. The van der Waals surface area contributed by atoms with Crippen LogP contribution in [0.4, 0.5) is 13.2 Å². The molecule has 0 atom stereocenters. The van der Waals surface area contributed by atoms with Crippen molar-refractivity contribution >= 4 is 21.8 Å². The van der Waals surface area contributed by atoms with Crippen molar-refractivity contribution in [1.29, 1.82) is 0 Å². The number of aromatic nitrogens is 1. The molecule has 0 amide bonds. The van der Waals surface area contributed by atoms with Crippen molar-refractivity contribution in [3.05, 3.63) is 18.0 Å². The Morgan fingerprint density at radius 1 is 1.43 bits per heavy atom. The minimum absolute atomic E-state index is 0.0480. The van der Waals surface area contributed by atoms with Crippen molar-refractivity contribution < 1.29 is 21.6 Å². The Balaban J connectivity index is 1.99. The molecule has 1 aliphatic carbocycles. The number of sulfonamides is 1. The summed E-state index contributed by atoms with van der Waals surface area (Å²) in [4.78, 5) is 0.0480. The van der Waals surface area contributed by atoms with Gasteiger partial charge in [-0.3, -0.25) is 0 Å². The smallest absolute Gasteiger partial charge is 0.346 e. The number of nitrogens with one attached hydrogen (secondary N) is 1. The zero-order valence-corrected chi connectivity index (χ0v) is 12.7. The van der Waals surface area contributed by atoms with Gasteiger partial charge in [-0.15, -0.1) is 0 Å². The third kappa shape index (κ3) is 4.63. The quantitative estimate of drug-likeness (QED) is 0.740. The SMILES string of the molecule is NCc1cc(S(=O)(=O)NCCSC(F)(F)F)cn1C1CC1. The van der Waals surface area contributed by atoms with Crippen molar-refractivity contribution in [3.63, 3.8) is 0 Å². The predicted octanol–water partition coefficient (Wildman–Crippen LogP) is 1.81. The highest BCUT2D eigenvalue weighted by Gasteiger charge is 2.29. The summed E-state index contributed by atoms with van der Waals surface area (Å²) in [6.45, 7) is -0.0605. The average Bonchev–Trinajstić information content (AvgIpc) is 3.12. The lowest BCUT2D eigenvalue weighted by molar-refractivity contribution is -0.0327. The summed E-state index contributed by atoms with van der Waals surface area (Å²) in [5.74, 6) is -0.365. The van der Waals surface area contributed by atoms with E-state index in [1.54, 1.807) is 0 Å². The molecule has 0 spiro atoms. The van der Waals surface area contributed by atoms with E-state index in [9.17, 15) is 21.6 Å². The monoisotopic (exact) mass is 343 g/mol. The molecular formula is C11H16F3N3O2S2. The van der Waals surface area contributed by atoms with Crippen LogP contribution in [0.5, 0.6) is 0 Å². The molecule has 0 bridgehead atoms. The van der Waals surface area contributed by atoms with Crippen LogP contribution in [0.2, 0.25) is 0 Å². The number of alkyl halides is 3. The van der Waals surface area contributed by atoms with E-state index in [4.69, 9.17) is 5.73 Å². The molecule has 0 radical (unpaired) electrons. The van der Waals surface area contributed by atoms with E-state index in [0.29, 0.717) is 5.69 Å². The molecule has 1 saturated carbocycles. The molecule has 10 heteroatoms. The second-order valence-corrected chi connectivity index (χ2v) is 7.63. The minimum Gasteiger partial charge on any atom is -0.346 e. The zero-order valence-electron chi connectivity index (χ0n) is 11.1. The maximum Gasteiger partial charge on any atom is 0.441 e. The third-order valence-corrected chi connectivity index (χ3v) is 5.19. The lowest BCUT2D eigenvalue weighted by atomic mass is 10.4. The molecule has 0 saturated heterocycles. The highest BCUT2D eigenvalue weighted by atomic mass is 32.2. The van der Waals surface area contributed by atoms with Crippen LogP contribution in [0.25, 0.3) is 0 Å². The van der Waals surface area contributed by atoms with E-state index >= 15 is 0 Å². The van der Waals surface area contributed by atoms with Gasteiger partial charge in [-0.05, 0) is 30.7 Å². The standard InChI is InChI=1S/C11H16F3N3O2S2/c12-11(13,14)20-4-3-16-21(18,19)10-5-9(6-15)17(7-10)8-1-2-8/h5,7-8,16H,1-4,6,15H2.